The minimum atomic E-state index is -0.445. The van der Waals surface area contributed by atoms with Crippen LogP contribution in [0.2, 0.25) is 0 Å². The van der Waals surface area contributed by atoms with Crippen molar-refractivity contribution in [3.63, 3.8) is 0 Å². The number of hydrogen-bond donors (Lipinski definition) is 2. The maximum absolute atomic E-state index is 13.0. The molecule has 0 fully saturated rings. The van der Waals surface area contributed by atoms with Crippen molar-refractivity contribution < 1.29 is 24.2 Å². The molecule has 39 heavy (non-hydrogen) atoms. The number of carbonyl (C=O) groups excluding carboxylic acids is 2. The van der Waals surface area contributed by atoms with Gasteiger partial charge in [0.1, 0.15) is 34.4 Å². The molecule has 0 atom stereocenters. The second-order valence-corrected chi connectivity index (χ2v) is 9.60. The zero-order valence-corrected chi connectivity index (χ0v) is 24.0. The van der Waals surface area contributed by atoms with Gasteiger partial charge in [0, 0.05) is 25.0 Å². The van der Waals surface area contributed by atoms with Gasteiger partial charge in [-0.15, -0.1) is 0 Å². The number of carbonyl (C=O) groups is 2. The van der Waals surface area contributed by atoms with Crippen LogP contribution in [0.5, 0.6) is 17.2 Å². The third kappa shape index (κ3) is 8.63. The zero-order chi connectivity index (χ0) is 28.9. The SMILES string of the molecule is CCCCCC(C)=O.CCCCc1[nH]c(=O)c(C2=NN=C(CC(C)=O)C2)c(O)c1-c1c(OC)cccc1OC. The summed E-state index contributed by atoms with van der Waals surface area (Å²) in [6.07, 6.45) is 6.94. The first-order valence-electron chi connectivity index (χ1n) is 13.5. The highest BCUT2D eigenvalue weighted by Gasteiger charge is 2.28. The number of ketones is 2. The summed E-state index contributed by atoms with van der Waals surface area (Å²) >= 11 is 0. The number of nitrogens with one attached hydrogen (secondary N) is 1. The van der Waals surface area contributed by atoms with E-state index in [0.29, 0.717) is 51.9 Å². The molecule has 0 radical (unpaired) electrons. The van der Waals surface area contributed by atoms with Gasteiger partial charge in [0.2, 0.25) is 0 Å². The van der Waals surface area contributed by atoms with Gasteiger partial charge in [0.15, 0.2) is 0 Å². The lowest BCUT2D eigenvalue weighted by molar-refractivity contribution is -0.117. The molecule has 1 aliphatic rings. The molecule has 0 saturated carbocycles. The summed E-state index contributed by atoms with van der Waals surface area (Å²) in [6, 6.07) is 5.33. The van der Waals surface area contributed by atoms with Crippen molar-refractivity contribution in [2.24, 2.45) is 10.2 Å². The molecular formula is C30H41N3O6. The predicted octanol–water partition coefficient (Wildman–Crippen LogP) is 5.79. The topological polar surface area (TPSA) is 130 Å². The average Bonchev–Trinajstić information content (AvgIpc) is 3.34. The van der Waals surface area contributed by atoms with E-state index >= 15 is 0 Å². The minimum Gasteiger partial charge on any atom is -0.506 e. The number of ether oxygens (including phenoxy) is 2. The van der Waals surface area contributed by atoms with Gasteiger partial charge in [-0.3, -0.25) is 9.59 Å². The number of pyridine rings is 1. The number of aromatic nitrogens is 1. The van der Waals surface area contributed by atoms with E-state index in [1.165, 1.54) is 34.0 Å². The molecule has 1 aliphatic heterocycles. The smallest absolute Gasteiger partial charge is 0.261 e. The number of unbranched alkanes of at least 4 members (excludes halogenated alkanes) is 3. The molecule has 0 aliphatic carbocycles. The lowest BCUT2D eigenvalue weighted by Crippen LogP contribution is -2.22. The van der Waals surface area contributed by atoms with E-state index < -0.39 is 5.56 Å². The number of rotatable bonds is 13. The van der Waals surface area contributed by atoms with Gasteiger partial charge in [-0.2, -0.15) is 10.2 Å². The molecule has 0 amide bonds. The number of Topliss-reactive ketones (excluding diaryl/α,β-unsaturated/α-hetero) is 2. The molecule has 2 heterocycles. The second kappa shape index (κ2) is 15.6. The highest BCUT2D eigenvalue weighted by Crippen LogP contribution is 2.45. The lowest BCUT2D eigenvalue weighted by atomic mass is 9.93. The summed E-state index contributed by atoms with van der Waals surface area (Å²) in [5, 5.41) is 19.5. The van der Waals surface area contributed by atoms with Crippen molar-refractivity contribution in [3.05, 3.63) is 39.8 Å². The van der Waals surface area contributed by atoms with Gasteiger partial charge in [-0.1, -0.05) is 39.2 Å². The maximum atomic E-state index is 13.0. The number of aromatic hydroxyl groups is 1. The van der Waals surface area contributed by atoms with E-state index in [0.717, 1.165) is 25.7 Å². The minimum absolute atomic E-state index is 0.0392. The monoisotopic (exact) mass is 539 g/mol. The van der Waals surface area contributed by atoms with Gasteiger partial charge in [-0.05, 0) is 45.2 Å². The van der Waals surface area contributed by atoms with Crippen LogP contribution in [0.3, 0.4) is 0 Å². The number of H-pyrrole nitrogens is 1. The van der Waals surface area contributed by atoms with Crippen molar-refractivity contribution in [1.82, 2.24) is 4.98 Å². The van der Waals surface area contributed by atoms with Crippen LogP contribution in [0.4, 0.5) is 0 Å². The largest absolute Gasteiger partial charge is 0.506 e. The third-order valence-electron chi connectivity index (χ3n) is 6.28. The molecule has 1 aromatic heterocycles. The average molecular weight is 540 g/mol. The van der Waals surface area contributed by atoms with E-state index in [9.17, 15) is 19.5 Å². The van der Waals surface area contributed by atoms with Gasteiger partial charge in [-0.25, -0.2) is 0 Å². The zero-order valence-electron chi connectivity index (χ0n) is 24.0. The first-order chi connectivity index (χ1) is 18.7. The molecule has 0 unspecified atom stereocenters. The number of methoxy groups -OCH3 is 2. The molecule has 0 saturated heterocycles. The fraction of sp³-hybridized carbons (Fsp3) is 0.500. The van der Waals surface area contributed by atoms with Crippen LogP contribution in [-0.2, 0) is 16.0 Å². The Hall–Kier alpha value is -3.75. The Kier molecular flexibility index (Phi) is 12.6. The number of aryl methyl sites for hydroxylation is 1. The van der Waals surface area contributed by atoms with Crippen LogP contribution in [0.25, 0.3) is 11.1 Å². The highest BCUT2D eigenvalue weighted by molar-refractivity contribution is 6.19. The van der Waals surface area contributed by atoms with Crippen molar-refractivity contribution >= 4 is 23.0 Å². The highest BCUT2D eigenvalue weighted by atomic mass is 16.5. The fourth-order valence-corrected chi connectivity index (χ4v) is 4.36. The molecule has 9 nitrogen and oxygen atoms in total. The molecule has 0 bridgehead atoms. The van der Waals surface area contributed by atoms with Crippen LogP contribution in [0.15, 0.2) is 33.2 Å². The number of aromatic amines is 1. The van der Waals surface area contributed by atoms with Crippen LogP contribution in [0, 0.1) is 0 Å². The molecule has 3 rings (SSSR count). The van der Waals surface area contributed by atoms with Crippen LogP contribution in [-0.4, -0.2) is 47.3 Å². The third-order valence-corrected chi connectivity index (χ3v) is 6.28. The molecule has 2 N–H and O–H groups in total. The van der Waals surface area contributed by atoms with Gasteiger partial charge < -0.3 is 24.4 Å². The van der Waals surface area contributed by atoms with Crippen LogP contribution < -0.4 is 15.0 Å². The molecular weight excluding hydrogens is 498 g/mol. The van der Waals surface area contributed by atoms with E-state index in [1.807, 2.05) is 0 Å². The summed E-state index contributed by atoms with van der Waals surface area (Å²) in [5.74, 6) is 1.09. The van der Waals surface area contributed by atoms with E-state index in [-0.39, 0.29) is 29.9 Å². The Balaban J connectivity index is 0.000000580. The van der Waals surface area contributed by atoms with Crippen molar-refractivity contribution in [1.29, 1.82) is 0 Å². The number of nitrogens with zero attached hydrogens (tertiary/aromatic N) is 2. The summed E-state index contributed by atoms with van der Waals surface area (Å²) < 4.78 is 11.1. The van der Waals surface area contributed by atoms with Gasteiger partial charge in [0.25, 0.3) is 5.56 Å². The normalized spacial score (nSPS) is 12.3. The maximum Gasteiger partial charge on any atom is 0.261 e. The first-order valence-corrected chi connectivity index (χ1v) is 13.5. The van der Waals surface area contributed by atoms with Crippen molar-refractivity contribution in [2.45, 2.75) is 85.5 Å². The fourth-order valence-electron chi connectivity index (χ4n) is 4.36. The summed E-state index contributed by atoms with van der Waals surface area (Å²) in [5.41, 5.74) is 2.08. The quantitative estimate of drug-likeness (QED) is 0.310. The second-order valence-electron chi connectivity index (χ2n) is 9.60. The predicted molar refractivity (Wildman–Crippen MR) is 155 cm³/mol. The Morgan fingerprint density at radius 3 is 2.10 bits per heavy atom. The summed E-state index contributed by atoms with van der Waals surface area (Å²) in [7, 11) is 3.08. The van der Waals surface area contributed by atoms with E-state index in [4.69, 9.17) is 9.47 Å². The molecule has 2 aromatic rings. The number of hydrogen-bond acceptors (Lipinski definition) is 8. The molecule has 9 heteroatoms. The Bertz CT molecular complexity index is 1250. The Morgan fingerprint density at radius 2 is 1.56 bits per heavy atom. The van der Waals surface area contributed by atoms with Gasteiger partial charge >= 0.3 is 0 Å². The van der Waals surface area contributed by atoms with Crippen LogP contribution in [0.1, 0.15) is 90.3 Å². The molecule has 1 aromatic carbocycles. The van der Waals surface area contributed by atoms with Crippen molar-refractivity contribution in [3.8, 4) is 28.4 Å². The Labute approximate surface area is 230 Å². The van der Waals surface area contributed by atoms with E-state index in [2.05, 4.69) is 29.0 Å². The van der Waals surface area contributed by atoms with Crippen LogP contribution >= 0.6 is 0 Å². The van der Waals surface area contributed by atoms with Gasteiger partial charge in [0.05, 0.1) is 36.8 Å². The standard InChI is InChI=1S/C23H27N3O5.C7H14O/c1-5-6-8-15-19(21-17(30-3)9-7-10-18(21)31-4)22(28)20(23(29)24-15)16-12-14(25-26-16)11-13(2)27;1-3-4-5-6-7(2)8/h7,9-10H,5-6,8,11-12H2,1-4H3,(H2,24,28,29);3-6H2,1-2H3. The lowest BCUT2D eigenvalue weighted by Gasteiger charge is -2.19. The molecule has 212 valence electrons. The van der Waals surface area contributed by atoms with E-state index in [1.54, 1.807) is 25.1 Å². The summed E-state index contributed by atoms with van der Waals surface area (Å²) in [4.78, 5) is 37.6. The number of benzene rings is 1. The van der Waals surface area contributed by atoms with Crippen molar-refractivity contribution in [2.75, 3.05) is 14.2 Å². The summed E-state index contributed by atoms with van der Waals surface area (Å²) in [6.45, 7) is 7.31. The first kappa shape index (κ1) is 31.5. The molecule has 0 spiro atoms. The Morgan fingerprint density at radius 1 is 0.923 bits per heavy atom.